The number of benzene rings is 1. The maximum absolute atomic E-state index is 12.9. The van der Waals surface area contributed by atoms with Crippen molar-refractivity contribution in [3.8, 4) is 0 Å². The molecule has 18 heavy (non-hydrogen) atoms. The van der Waals surface area contributed by atoms with Crippen LogP contribution in [0.25, 0.3) is 0 Å². The molecule has 2 aromatic rings. The molecule has 0 fully saturated rings. The molecule has 1 aromatic carbocycles. The van der Waals surface area contributed by atoms with E-state index in [2.05, 4.69) is 0 Å². The lowest BCUT2D eigenvalue weighted by Gasteiger charge is -2.21. The molecule has 2 rings (SSSR count). The number of aliphatic hydroxyl groups excluding tert-OH is 1. The summed E-state index contributed by atoms with van der Waals surface area (Å²) in [5.41, 5.74) is 6.91. The Morgan fingerprint density at radius 2 is 1.94 bits per heavy atom. The Kier molecular flexibility index (Phi) is 4.01. The van der Waals surface area contributed by atoms with Crippen LogP contribution in [0.2, 0.25) is 5.22 Å². The second-order valence-corrected chi connectivity index (χ2v) is 4.33. The molecule has 0 radical (unpaired) electrons. The summed E-state index contributed by atoms with van der Waals surface area (Å²) in [6, 6.07) is 7.47. The quantitative estimate of drug-likeness (QED) is 0.897. The largest absolute Gasteiger partial charge is 0.453 e. The van der Waals surface area contributed by atoms with Crippen LogP contribution in [0.3, 0.4) is 0 Å². The molecule has 0 aliphatic heterocycles. The standard InChI is InChI=1S/C13H13ClFNO2/c14-13-10(5-6-18-13)12(17)11(7-16)8-1-3-9(15)4-2-8/h1-6,11-12,17H,7,16H2. The van der Waals surface area contributed by atoms with Crippen molar-refractivity contribution in [2.75, 3.05) is 6.54 Å². The predicted octanol–water partition coefficient (Wildman–Crippen LogP) is 2.85. The highest BCUT2D eigenvalue weighted by molar-refractivity contribution is 6.29. The van der Waals surface area contributed by atoms with E-state index in [4.69, 9.17) is 21.8 Å². The summed E-state index contributed by atoms with van der Waals surface area (Å²) in [7, 11) is 0. The summed E-state index contributed by atoms with van der Waals surface area (Å²) in [4.78, 5) is 0. The van der Waals surface area contributed by atoms with Crippen molar-refractivity contribution < 1.29 is 13.9 Å². The molecule has 3 nitrogen and oxygen atoms in total. The van der Waals surface area contributed by atoms with Crippen LogP contribution in [-0.4, -0.2) is 11.7 Å². The van der Waals surface area contributed by atoms with E-state index in [1.807, 2.05) is 0 Å². The lowest BCUT2D eigenvalue weighted by atomic mass is 9.90. The maximum atomic E-state index is 12.9. The van der Waals surface area contributed by atoms with Gasteiger partial charge in [-0.25, -0.2) is 4.39 Å². The lowest BCUT2D eigenvalue weighted by Crippen LogP contribution is -2.20. The van der Waals surface area contributed by atoms with Crippen LogP contribution >= 0.6 is 11.6 Å². The summed E-state index contributed by atoms with van der Waals surface area (Å²) in [6.07, 6.45) is 0.519. The van der Waals surface area contributed by atoms with Gasteiger partial charge in [-0.3, -0.25) is 0 Å². The van der Waals surface area contributed by atoms with E-state index in [1.54, 1.807) is 18.2 Å². The highest BCUT2D eigenvalue weighted by Crippen LogP contribution is 2.34. The highest BCUT2D eigenvalue weighted by atomic mass is 35.5. The minimum Gasteiger partial charge on any atom is -0.453 e. The fraction of sp³-hybridized carbons (Fsp3) is 0.231. The number of hydrogen-bond donors (Lipinski definition) is 2. The number of rotatable bonds is 4. The zero-order valence-electron chi connectivity index (χ0n) is 9.51. The summed E-state index contributed by atoms with van der Waals surface area (Å²) < 4.78 is 17.8. The second-order valence-electron chi connectivity index (χ2n) is 3.99. The fourth-order valence-electron chi connectivity index (χ4n) is 1.89. The first kappa shape index (κ1) is 13.1. The normalized spacial score (nSPS) is 14.4. The number of hydrogen-bond acceptors (Lipinski definition) is 3. The average molecular weight is 270 g/mol. The summed E-state index contributed by atoms with van der Waals surface area (Å²) in [5.74, 6) is -0.689. The van der Waals surface area contributed by atoms with E-state index < -0.39 is 6.10 Å². The van der Waals surface area contributed by atoms with Gasteiger partial charge in [0.15, 0.2) is 5.22 Å². The first-order valence-corrected chi connectivity index (χ1v) is 5.87. The van der Waals surface area contributed by atoms with Crippen molar-refractivity contribution in [2.45, 2.75) is 12.0 Å². The van der Waals surface area contributed by atoms with Crippen molar-refractivity contribution in [3.63, 3.8) is 0 Å². The third-order valence-corrected chi connectivity index (χ3v) is 3.21. The molecule has 0 amide bonds. The molecule has 0 saturated heterocycles. The van der Waals surface area contributed by atoms with Gasteiger partial charge in [0.1, 0.15) is 5.82 Å². The minimum absolute atomic E-state index is 0.142. The van der Waals surface area contributed by atoms with Gasteiger partial charge in [0.25, 0.3) is 0 Å². The summed E-state index contributed by atoms with van der Waals surface area (Å²) >= 11 is 5.82. The Bertz CT molecular complexity index is 512. The SMILES string of the molecule is NCC(c1ccc(F)cc1)C(O)c1ccoc1Cl. The van der Waals surface area contributed by atoms with E-state index in [-0.39, 0.29) is 23.5 Å². The molecule has 1 aromatic heterocycles. The van der Waals surface area contributed by atoms with Gasteiger partial charge >= 0.3 is 0 Å². The Morgan fingerprint density at radius 1 is 1.28 bits per heavy atom. The predicted molar refractivity (Wildman–Crippen MR) is 66.9 cm³/mol. The summed E-state index contributed by atoms with van der Waals surface area (Å²) in [5, 5.41) is 10.4. The molecule has 0 aliphatic carbocycles. The number of furan rings is 1. The van der Waals surface area contributed by atoms with Crippen molar-refractivity contribution in [1.82, 2.24) is 0 Å². The Balaban J connectivity index is 2.28. The average Bonchev–Trinajstić information content (AvgIpc) is 2.78. The number of halogens is 2. The van der Waals surface area contributed by atoms with Crippen molar-refractivity contribution in [3.05, 3.63) is 58.8 Å². The molecule has 0 aliphatic rings. The molecule has 1 heterocycles. The number of aliphatic hydroxyl groups is 1. The van der Waals surface area contributed by atoms with Gasteiger partial charge in [0.05, 0.1) is 12.4 Å². The smallest absolute Gasteiger partial charge is 0.198 e. The summed E-state index contributed by atoms with van der Waals surface area (Å²) in [6.45, 7) is 0.217. The van der Waals surface area contributed by atoms with Crippen LogP contribution < -0.4 is 5.73 Å². The van der Waals surface area contributed by atoms with E-state index in [1.165, 1.54) is 18.4 Å². The molecule has 5 heteroatoms. The maximum Gasteiger partial charge on any atom is 0.198 e. The van der Waals surface area contributed by atoms with E-state index in [0.29, 0.717) is 5.56 Å². The Labute approximate surface area is 109 Å². The molecular formula is C13H13ClFNO2. The Hall–Kier alpha value is -1.36. The van der Waals surface area contributed by atoms with E-state index in [9.17, 15) is 9.50 Å². The molecule has 3 N–H and O–H groups in total. The van der Waals surface area contributed by atoms with E-state index >= 15 is 0 Å². The van der Waals surface area contributed by atoms with Gasteiger partial charge in [-0.05, 0) is 35.4 Å². The Morgan fingerprint density at radius 3 is 2.44 bits per heavy atom. The van der Waals surface area contributed by atoms with Crippen molar-refractivity contribution in [1.29, 1.82) is 0 Å². The highest BCUT2D eigenvalue weighted by Gasteiger charge is 2.24. The van der Waals surface area contributed by atoms with Crippen LogP contribution in [0, 0.1) is 5.82 Å². The molecule has 2 unspecified atom stereocenters. The first-order chi connectivity index (χ1) is 8.63. The molecule has 96 valence electrons. The third kappa shape index (κ3) is 2.56. The van der Waals surface area contributed by atoms with Gasteiger partial charge in [0, 0.05) is 18.0 Å². The van der Waals surface area contributed by atoms with Gasteiger partial charge in [-0.15, -0.1) is 0 Å². The first-order valence-electron chi connectivity index (χ1n) is 5.50. The van der Waals surface area contributed by atoms with E-state index in [0.717, 1.165) is 5.56 Å². The van der Waals surface area contributed by atoms with Crippen LogP contribution in [0.15, 0.2) is 41.0 Å². The topological polar surface area (TPSA) is 59.4 Å². The fourth-order valence-corrected chi connectivity index (χ4v) is 2.12. The van der Waals surface area contributed by atoms with Gasteiger partial charge in [-0.2, -0.15) is 0 Å². The molecule has 2 atom stereocenters. The van der Waals surface area contributed by atoms with Gasteiger partial charge in [0.2, 0.25) is 0 Å². The minimum atomic E-state index is -0.883. The van der Waals surface area contributed by atoms with Crippen molar-refractivity contribution in [2.24, 2.45) is 5.73 Å². The zero-order valence-corrected chi connectivity index (χ0v) is 10.3. The van der Waals surface area contributed by atoms with Crippen LogP contribution in [-0.2, 0) is 0 Å². The third-order valence-electron chi connectivity index (χ3n) is 2.90. The molecule has 0 bridgehead atoms. The monoisotopic (exact) mass is 269 g/mol. The molecular weight excluding hydrogens is 257 g/mol. The lowest BCUT2D eigenvalue weighted by molar-refractivity contribution is 0.147. The van der Waals surface area contributed by atoms with Gasteiger partial charge in [-0.1, -0.05) is 12.1 Å². The van der Waals surface area contributed by atoms with Crippen LogP contribution in [0.5, 0.6) is 0 Å². The zero-order chi connectivity index (χ0) is 13.1. The second kappa shape index (κ2) is 5.52. The van der Waals surface area contributed by atoms with Crippen LogP contribution in [0.1, 0.15) is 23.1 Å². The van der Waals surface area contributed by atoms with Crippen LogP contribution in [0.4, 0.5) is 4.39 Å². The molecule has 0 saturated carbocycles. The van der Waals surface area contributed by atoms with Gasteiger partial charge < -0.3 is 15.3 Å². The van der Waals surface area contributed by atoms with Crippen molar-refractivity contribution >= 4 is 11.6 Å². The molecule has 0 spiro atoms. The number of nitrogens with two attached hydrogens (primary N) is 1.